The molecular weight excluding hydrogens is 325 g/mol. The summed E-state index contributed by atoms with van der Waals surface area (Å²) >= 11 is 0. The number of ether oxygens (including phenoxy) is 1. The number of hydrogen-bond acceptors (Lipinski definition) is 3. The molecule has 2 aromatic carbocycles. The number of carbonyl (C=O) groups excluding carboxylic acids is 1. The molecule has 3 rings (SSSR count). The molecule has 5 nitrogen and oxygen atoms in total. The van der Waals surface area contributed by atoms with Crippen LogP contribution in [-0.4, -0.2) is 36.5 Å². The van der Waals surface area contributed by atoms with Crippen LogP contribution in [0.4, 0.5) is 9.18 Å². The fourth-order valence-electron chi connectivity index (χ4n) is 3.07. The van der Waals surface area contributed by atoms with Gasteiger partial charge in [-0.15, -0.1) is 0 Å². The van der Waals surface area contributed by atoms with Crippen molar-refractivity contribution < 1.29 is 23.8 Å². The van der Waals surface area contributed by atoms with Crippen LogP contribution in [0.5, 0.6) is 0 Å². The number of amides is 1. The highest BCUT2D eigenvalue weighted by Gasteiger charge is 2.29. The third kappa shape index (κ3) is 3.63. The summed E-state index contributed by atoms with van der Waals surface area (Å²) in [7, 11) is 0. The summed E-state index contributed by atoms with van der Waals surface area (Å²) in [6, 6.07) is 16.0. The highest BCUT2D eigenvalue weighted by atomic mass is 19.1. The van der Waals surface area contributed by atoms with Gasteiger partial charge in [-0.3, -0.25) is 0 Å². The second kappa shape index (κ2) is 7.34. The van der Waals surface area contributed by atoms with Gasteiger partial charge in [0.05, 0.1) is 0 Å². The highest BCUT2D eigenvalue weighted by Crippen LogP contribution is 2.44. The number of alkyl carbamates (subject to hydrolysis) is 1. The molecule has 0 spiro atoms. The summed E-state index contributed by atoms with van der Waals surface area (Å²) in [6.07, 6.45) is -2.96. The number of aliphatic carboxylic acids is 1. The second-order valence-electron chi connectivity index (χ2n) is 5.85. The predicted octanol–water partition coefficient (Wildman–Crippen LogP) is 3.34. The first-order valence-corrected chi connectivity index (χ1v) is 8.03. The van der Waals surface area contributed by atoms with Crippen molar-refractivity contribution in [1.82, 2.24) is 5.32 Å². The van der Waals surface area contributed by atoms with Crippen molar-refractivity contribution in [3.63, 3.8) is 0 Å². The maximum atomic E-state index is 12.9. The number of carbonyl (C=O) groups is 2. The Balaban J connectivity index is 1.60. The molecule has 1 unspecified atom stereocenters. The van der Waals surface area contributed by atoms with E-state index in [0.717, 1.165) is 22.3 Å². The molecule has 1 amide bonds. The fraction of sp³-hybridized carbons (Fsp3) is 0.263. The molecule has 0 heterocycles. The van der Waals surface area contributed by atoms with Crippen LogP contribution in [0.1, 0.15) is 23.5 Å². The third-order valence-corrected chi connectivity index (χ3v) is 4.28. The summed E-state index contributed by atoms with van der Waals surface area (Å²) in [4.78, 5) is 22.2. The Labute approximate surface area is 144 Å². The van der Waals surface area contributed by atoms with Crippen molar-refractivity contribution in [2.75, 3.05) is 13.2 Å². The quantitative estimate of drug-likeness (QED) is 0.843. The van der Waals surface area contributed by atoms with E-state index in [1.54, 1.807) is 0 Å². The maximum absolute atomic E-state index is 12.9. The van der Waals surface area contributed by atoms with Crippen molar-refractivity contribution in [3.8, 4) is 11.1 Å². The van der Waals surface area contributed by atoms with Gasteiger partial charge in [0, 0.05) is 18.9 Å². The van der Waals surface area contributed by atoms with Crippen LogP contribution in [0, 0.1) is 0 Å². The smallest absolute Gasteiger partial charge is 0.407 e. The van der Waals surface area contributed by atoms with Crippen molar-refractivity contribution in [3.05, 3.63) is 59.7 Å². The molecule has 1 aliphatic rings. The zero-order chi connectivity index (χ0) is 17.8. The van der Waals surface area contributed by atoms with Crippen LogP contribution < -0.4 is 5.32 Å². The van der Waals surface area contributed by atoms with Gasteiger partial charge in [-0.1, -0.05) is 48.5 Å². The Morgan fingerprint density at radius 2 is 1.64 bits per heavy atom. The van der Waals surface area contributed by atoms with Gasteiger partial charge in [0.25, 0.3) is 0 Å². The van der Waals surface area contributed by atoms with E-state index in [2.05, 4.69) is 5.32 Å². The molecule has 130 valence electrons. The lowest BCUT2D eigenvalue weighted by Gasteiger charge is -2.14. The SMILES string of the molecule is O=C(NCCC(F)C(=O)O)OCC1c2ccccc2-c2ccccc21. The minimum absolute atomic E-state index is 0.0499. The van der Waals surface area contributed by atoms with Gasteiger partial charge in [0.1, 0.15) is 6.61 Å². The van der Waals surface area contributed by atoms with E-state index in [1.807, 2.05) is 48.5 Å². The predicted molar refractivity (Wildman–Crippen MR) is 90.2 cm³/mol. The zero-order valence-electron chi connectivity index (χ0n) is 13.4. The van der Waals surface area contributed by atoms with Crippen LogP contribution in [0.3, 0.4) is 0 Å². The maximum Gasteiger partial charge on any atom is 0.407 e. The lowest BCUT2D eigenvalue weighted by atomic mass is 9.98. The minimum atomic E-state index is -1.99. The van der Waals surface area contributed by atoms with Crippen molar-refractivity contribution in [2.24, 2.45) is 0 Å². The molecular formula is C19H18FNO4. The minimum Gasteiger partial charge on any atom is -0.479 e. The van der Waals surface area contributed by atoms with Crippen LogP contribution in [0.15, 0.2) is 48.5 Å². The molecule has 0 fully saturated rings. The Morgan fingerprint density at radius 3 is 2.20 bits per heavy atom. The number of hydrogen-bond donors (Lipinski definition) is 2. The molecule has 6 heteroatoms. The van der Waals surface area contributed by atoms with E-state index in [-0.39, 0.29) is 25.5 Å². The normalized spacial score (nSPS) is 13.6. The van der Waals surface area contributed by atoms with Crippen LogP contribution in [-0.2, 0) is 9.53 Å². The average molecular weight is 343 g/mol. The summed E-state index contributed by atoms with van der Waals surface area (Å²) in [5, 5.41) is 10.8. The second-order valence-corrected chi connectivity index (χ2v) is 5.85. The highest BCUT2D eigenvalue weighted by molar-refractivity contribution is 5.79. The summed E-state index contributed by atoms with van der Waals surface area (Å²) < 4.78 is 18.2. The first-order chi connectivity index (χ1) is 12.1. The van der Waals surface area contributed by atoms with E-state index in [1.165, 1.54) is 0 Å². The summed E-state index contributed by atoms with van der Waals surface area (Å²) in [5.74, 6) is -1.58. The molecule has 0 aromatic heterocycles. The van der Waals surface area contributed by atoms with E-state index >= 15 is 0 Å². The largest absolute Gasteiger partial charge is 0.479 e. The number of carboxylic acid groups (broad SMARTS) is 1. The molecule has 0 saturated carbocycles. The van der Waals surface area contributed by atoms with E-state index in [0.29, 0.717) is 0 Å². The first-order valence-electron chi connectivity index (χ1n) is 8.03. The standard InChI is InChI=1S/C19H18FNO4/c20-17(18(22)23)9-10-21-19(24)25-11-16-14-7-3-1-5-12(14)13-6-2-4-8-15(13)16/h1-8,16-17H,9-11H2,(H,21,24)(H,22,23). The number of carboxylic acids is 1. The molecule has 0 saturated heterocycles. The number of rotatable bonds is 6. The molecule has 1 atom stereocenters. The summed E-state index contributed by atoms with van der Waals surface area (Å²) in [6.45, 7) is 0.0714. The topological polar surface area (TPSA) is 75.6 Å². The molecule has 2 N–H and O–H groups in total. The third-order valence-electron chi connectivity index (χ3n) is 4.28. The van der Waals surface area contributed by atoms with Gasteiger partial charge in [0.2, 0.25) is 0 Å². The van der Waals surface area contributed by atoms with Gasteiger partial charge >= 0.3 is 12.1 Å². The van der Waals surface area contributed by atoms with E-state index in [9.17, 15) is 14.0 Å². The lowest BCUT2D eigenvalue weighted by molar-refractivity contribution is -0.142. The van der Waals surface area contributed by atoms with E-state index < -0.39 is 18.2 Å². The number of fused-ring (bicyclic) bond motifs is 3. The van der Waals surface area contributed by atoms with Crippen molar-refractivity contribution in [2.45, 2.75) is 18.5 Å². The van der Waals surface area contributed by atoms with Crippen molar-refractivity contribution >= 4 is 12.1 Å². The molecule has 0 bridgehead atoms. The van der Waals surface area contributed by atoms with Gasteiger partial charge in [-0.2, -0.15) is 0 Å². The Bertz CT molecular complexity index is 747. The van der Waals surface area contributed by atoms with Crippen molar-refractivity contribution in [1.29, 1.82) is 0 Å². The van der Waals surface area contributed by atoms with Gasteiger partial charge in [-0.05, 0) is 22.3 Å². The van der Waals surface area contributed by atoms with E-state index in [4.69, 9.17) is 9.84 Å². The Hall–Kier alpha value is -2.89. The van der Waals surface area contributed by atoms with Crippen LogP contribution >= 0.6 is 0 Å². The van der Waals surface area contributed by atoms with Gasteiger partial charge in [0.15, 0.2) is 6.17 Å². The molecule has 2 aromatic rings. The monoisotopic (exact) mass is 343 g/mol. The first kappa shape index (κ1) is 17.0. The van der Waals surface area contributed by atoms with Crippen LogP contribution in [0.25, 0.3) is 11.1 Å². The van der Waals surface area contributed by atoms with Gasteiger partial charge in [-0.25, -0.2) is 14.0 Å². The Kier molecular flexibility index (Phi) is 4.97. The molecule has 0 radical (unpaired) electrons. The molecule has 25 heavy (non-hydrogen) atoms. The average Bonchev–Trinajstić information content (AvgIpc) is 2.94. The molecule has 0 aliphatic heterocycles. The zero-order valence-corrected chi connectivity index (χ0v) is 13.4. The summed E-state index contributed by atoms with van der Waals surface area (Å²) in [5.41, 5.74) is 4.47. The number of nitrogens with one attached hydrogen (secondary N) is 1. The van der Waals surface area contributed by atoms with Gasteiger partial charge < -0.3 is 15.2 Å². The van der Waals surface area contributed by atoms with Crippen LogP contribution in [0.2, 0.25) is 0 Å². The fourth-order valence-corrected chi connectivity index (χ4v) is 3.07. The number of alkyl halides is 1. The lowest BCUT2D eigenvalue weighted by Crippen LogP contribution is -2.30. The Morgan fingerprint density at radius 1 is 1.08 bits per heavy atom. The number of benzene rings is 2. The number of halogens is 1. The molecule has 1 aliphatic carbocycles.